The van der Waals surface area contributed by atoms with Crippen LogP contribution in [0.4, 0.5) is 9.52 Å². The van der Waals surface area contributed by atoms with Gasteiger partial charge in [0.25, 0.3) is 5.91 Å². The van der Waals surface area contributed by atoms with Gasteiger partial charge in [0.2, 0.25) is 0 Å². The van der Waals surface area contributed by atoms with Crippen LogP contribution in [-0.4, -0.2) is 20.9 Å². The molecular formula is C18H11BrClFN4OS. The molecule has 0 fully saturated rings. The lowest BCUT2D eigenvalue weighted by molar-refractivity contribution is 0.102. The van der Waals surface area contributed by atoms with Crippen molar-refractivity contribution in [3.8, 4) is 0 Å². The summed E-state index contributed by atoms with van der Waals surface area (Å²) in [6.07, 6.45) is 3.13. The molecule has 2 N–H and O–H groups in total. The lowest BCUT2D eigenvalue weighted by atomic mass is 9.97. The molecule has 0 aliphatic carbocycles. The van der Waals surface area contributed by atoms with Crippen molar-refractivity contribution in [1.29, 1.82) is 0 Å². The predicted octanol–water partition coefficient (Wildman–Crippen LogP) is 5.42. The standard InChI is InChI=1S/C18H11BrClFN4OS/c19-10-2-1-9(13(20)6-10)5-11-12(17(26)25-18-22-3-4-27-18)7-14-16(15(11)21)24-8-23-14/h1-4,6-8H,5H2,(H,23,24)(H,22,25,26). The summed E-state index contributed by atoms with van der Waals surface area (Å²) in [6, 6.07) is 6.94. The summed E-state index contributed by atoms with van der Waals surface area (Å²) in [5, 5.41) is 5.37. The molecular weight excluding hydrogens is 455 g/mol. The van der Waals surface area contributed by atoms with Crippen molar-refractivity contribution in [3.63, 3.8) is 0 Å². The number of rotatable bonds is 4. The number of carbonyl (C=O) groups excluding carboxylic acids is 1. The fourth-order valence-corrected chi connectivity index (χ4v) is 4.03. The molecule has 0 radical (unpaired) electrons. The highest BCUT2D eigenvalue weighted by Gasteiger charge is 2.21. The zero-order valence-electron chi connectivity index (χ0n) is 13.6. The van der Waals surface area contributed by atoms with E-state index in [1.807, 2.05) is 6.07 Å². The number of thiazole rings is 1. The lowest BCUT2D eigenvalue weighted by Gasteiger charge is -2.12. The molecule has 1 amide bonds. The van der Waals surface area contributed by atoms with Gasteiger partial charge in [0.1, 0.15) is 5.52 Å². The van der Waals surface area contributed by atoms with Crippen LogP contribution in [-0.2, 0) is 6.42 Å². The predicted molar refractivity (Wildman–Crippen MR) is 108 cm³/mol. The third-order valence-electron chi connectivity index (χ3n) is 4.04. The summed E-state index contributed by atoms with van der Waals surface area (Å²) in [7, 11) is 0. The number of aromatic nitrogens is 3. The number of nitrogens with zero attached hydrogens (tertiary/aromatic N) is 2. The molecule has 0 atom stereocenters. The van der Waals surface area contributed by atoms with Gasteiger partial charge in [-0.1, -0.05) is 33.6 Å². The van der Waals surface area contributed by atoms with Crippen LogP contribution in [0.2, 0.25) is 5.02 Å². The first-order valence-corrected chi connectivity index (χ1v) is 9.87. The average Bonchev–Trinajstić information content (AvgIpc) is 3.30. The highest BCUT2D eigenvalue weighted by Crippen LogP contribution is 2.29. The van der Waals surface area contributed by atoms with E-state index in [-0.39, 0.29) is 23.1 Å². The van der Waals surface area contributed by atoms with Gasteiger partial charge >= 0.3 is 0 Å². The number of aromatic amines is 1. The molecule has 0 bridgehead atoms. The molecule has 136 valence electrons. The van der Waals surface area contributed by atoms with E-state index in [1.165, 1.54) is 17.7 Å². The van der Waals surface area contributed by atoms with E-state index in [2.05, 4.69) is 36.2 Å². The fraction of sp³-hybridized carbons (Fsp3) is 0.0556. The minimum absolute atomic E-state index is 0.154. The van der Waals surface area contributed by atoms with E-state index in [1.54, 1.807) is 29.8 Å². The van der Waals surface area contributed by atoms with Gasteiger partial charge in [0, 0.05) is 38.6 Å². The molecule has 0 spiro atoms. The molecule has 27 heavy (non-hydrogen) atoms. The van der Waals surface area contributed by atoms with Crippen LogP contribution in [0.1, 0.15) is 21.5 Å². The fourth-order valence-electron chi connectivity index (χ4n) is 2.76. The number of H-pyrrole nitrogens is 1. The number of amides is 1. The van der Waals surface area contributed by atoms with Crippen LogP contribution in [0, 0.1) is 5.82 Å². The van der Waals surface area contributed by atoms with Crippen LogP contribution in [0.3, 0.4) is 0 Å². The van der Waals surface area contributed by atoms with Gasteiger partial charge < -0.3 is 4.98 Å². The molecule has 5 nitrogen and oxygen atoms in total. The van der Waals surface area contributed by atoms with Gasteiger partial charge in [-0.25, -0.2) is 14.4 Å². The Hall–Kier alpha value is -2.29. The van der Waals surface area contributed by atoms with E-state index in [0.717, 1.165) is 4.47 Å². The van der Waals surface area contributed by atoms with E-state index in [9.17, 15) is 4.79 Å². The van der Waals surface area contributed by atoms with Crippen LogP contribution in [0.5, 0.6) is 0 Å². The van der Waals surface area contributed by atoms with Crippen LogP contribution in [0.15, 0.2) is 46.6 Å². The maximum absolute atomic E-state index is 15.2. The van der Waals surface area contributed by atoms with Crippen LogP contribution < -0.4 is 5.32 Å². The molecule has 0 saturated heterocycles. The first kappa shape index (κ1) is 18.1. The normalized spacial score (nSPS) is 11.1. The maximum atomic E-state index is 15.2. The maximum Gasteiger partial charge on any atom is 0.257 e. The molecule has 4 aromatic rings. The van der Waals surface area contributed by atoms with Gasteiger partial charge in [-0.3, -0.25) is 10.1 Å². The Morgan fingerprint density at radius 1 is 1.33 bits per heavy atom. The number of hydrogen-bond acceptors (Lipinski definition) is 4. The Labute approximate surface area is 170 Å². The summed E-state index contributed by atoms with van der Waals surface area (Å²) in [5.74, 6) is -0.986. The van der Waals surface area contributed by atoms with Crippen LogP contribution >= 0.6 is 38.9 Å². The monoisotopic (exact) mass is 464 g/mol. The second-order valence-electron chi connectivity index (χ2n) is 5.72. The number of fused-ring (bicyclic) bond motifs is 1. The smallest absolute Gasteiger partial charge is 0.257 e. The van der Waals surface area contributed by atoms with Gasteiger partial charge in [-0.15, -0.1) is 11.3 Å². The summed E-state index contributed by atoms with van der Waals surface area (Å²) in [5.41, 5.74) is 1.77. The number of imidazole rings is 1. The number of hydrogen-bond donors (Lipinski definition) is 2. The van der Waals surface area contributed by atoms with E-state index >= 15 is 4.39 Å². The molecule has 2 aromatic carbocycles. The Morgan fingerprint density at radius 3 is 2.93 bits per heavy atom. The molecule has 9 heteroatoms. The largest absolute Gasteiger partial charge is 0.344 e. The second-order valence-corrected chi connectivity index (χ2v) is 7.94. The van der Waals surface area contributed by atoms with Gasteiger partial charge in [0.05, 0.1) is 11.8 Å². The van der Waals surface area contributed by atoms with Crippen molar-refractivity contribution in [2.24, 2.45) is 0 Å². The highest BCUT2D eigenvalue weighted by atomic mass is 79.9. The Morgan fingerprint density at radius 2 is 2.19 bits per heavy atom. The molecule has 0 aliphatic rings. The lowest BCUT2D eigenvalue weighted by Crippen LogP contribution is -2.16. The summed E-state index contributed by atoms with van der Waals surface area (Å²) >= 11 is 10.9. The SMILES string of the molecule is O=C(Nc1nccs1)c1cc2[nH]cnc2c(F)c1Cc1ccc(Br)cc1Cl. The first-order valence-electron chi connectivity index (χ1n) is 7.82. The third-order valence-corrected chi connectivity index (χ3v) is 5.57. The zero-order chi connectivity index (χ0) is 19.0. The third kappa shape index (κ3) is 3.60. The highest BCUT2D eigenvalue weighted by molar-refractivity contribution is 9.10. The van der Waals surface area contributed by atoms with Gasteiger partial charge in [0.15, 0.2) is 10.9 Å². The van der Waals surface area contributed by atoms with E-state index in [4.69, 9.17) is 11.6 Å². The first-order chi connectivity index (χ1) is 13.0. The molecule has 2 aromatic heterocycles. The average molecular weight is 466 g/mol. The zero-order valence-corrected chi connectivity index (χ0v) is 16.8. The van der Waals surface area contributed by atoms with Gasteiger partial charge in [-0.2, -0.15) is 0 Å². The van der Waals surface area contributed by atoms with E-state index in [0.29, 0.717) is 21.2 Å². The summed E-state index contributed by atoms with van der Waals surface area (Å²) in [4.78, 5) is 23.7. The Kier molecular flexibility index (Phi) is 4.94. The van der Waals surface area contributed by atoms with Gasteiger partial charge in [-0.05, 0) is 23.8 Å². The minimum atomic E-state index is -0.544. The summed E-state index contributed by atoms with van der Waals surface area (Å²) in [6.45, 7) is 0. The van der Waals surface area contributed by atoms with Crippen molar-refractivity contribution in [2.45, 2.75) is 6.42 Å². The van der Waals surface area contributed by atoms with Crippen molar-refractivity contribution >= 4 is 60.9 Å². The number of carbonyl (C=O) groups is 1. The second kappa shape index (κ2) is 7.38. The minimum Gasteiger partial charge on any atom is -0.344 e. The number of benzene rings is 2. The topological polar surface area (TPSA) is 70.7 Å². The molecule has 0 saturated carbocycles. The summed E-state index contributed by atoms with van der Waals surface area (Å²) < 4.78 is 16.0. The Bertz CT molecular complexity index is 1150. The van der Waals surface area contributed by atoms with Crippen molar-refractivity contribution < 1.29 is 9.18 Å². The van der Waals surface area contributed by atoms with Crippen molar-refractivity contribution in [1.82, 2.24) is 15.0 Å². The van der Waals surface area contributed by atoms with Crippen molar-refractivity contribution in [3.05, 3.63) is 74.2 Å². The molecule has 2 heterocycles. The van der Waals surface area contributed by atoms with E-state index < -0.39 is 11.7 Å². The quantitative estimate of drug-likeness (QED) is 0.423. The molecule has 0 unspecified atom stereocenters. The number of nitrogens with one attached hydrogen (secondary N) is 2. The number of anilines is 1. The number of halogens is 3. The Balaban J connectivity index is 1.81. The molecule has 0 aliphatic heterocycles. The van der Waals surface area contributed by atoms with Crippen molar-refractivity contribution in [2.75, 3.05) is 5.32 Å². The van der Waals surface area contributed by atoms with Crippen LogP contribution in [0.25, 0.3) is 11.0 Å². The molecule has 4 rings (SSSR count).